The van der Waals surface area contributed by atoms with Gasteiger partial charge in [-0.3, -0.25) is 9.63 Å². The topological polar surface area (TPSA) is 79.5 Å². The largest absolute Gasteiger partial charge is 0.480 e. The molecule has 0 unspecified atom stereocenters. The summed E-state index contributed by atoms with van der Waals surface area (Å²) in [5.74, 6) is 0.894. The Bertz CT molecular complexity index is 1010. The van der Waals surface area contributed by atoms with Crippen LogP contribution in [0.5, 0.6) is 5.88 Å². The SMILES string of the molecule is CONC(=O)c1c(C)[nH]c2cc(Cl)c(-c3ccc(N(C)C)nc3OC)cc12. The van der Waals surface area contributed by atoms with E-state index in [-0.39, 0.29) is 5.91 Å². The van der Waals surface area contributed by atoms with Crippen LogP contribution in [0.4, 0.5) is 5.82 Å². The molecular weight excluding hydrogens is 368 g/mol. The van der Waals surface area contributed by atoms with Crippen LogP contribution in [-0.2, 0) is 4.84 Å². The Balaban J connectivity index is 2.22. The lowest BCUT2D eigenvalue weighted by atomic mass is 10.0. The number of nitrogens with zero attached hydrogens (tertiary/aromatic N) is 2. The second kappa shape index (κ2) is 7.46. The number of carbonyl (C=O) groups is 1. The second-order valence-electron chi connectivity index (χ2n) is 6.26. The number of benzene rings is 1. The minimum atomic E-state index is -0.331. The third-order valence-electron chi connectivity index (χ3n) is 4.28. The van der Waals surface area contributed by atoms with Crippen molar-refractivity contribution < 1.29 is 14.4 Å². The van der Waals surface area contributed by atoms with Crippen LogP contribution in [0.1, 0.15) is 16.1 Å². The average Bonchev–Trinajstić information content (AvgIpc) is 2.95. The molecule has 3 aromatic rings. The summed E-state index contributed by atoms with van der Waals surface area (Å²) in [5.41, 5.74) is 5.82. The predicted octanol–water partition coefficient (Wildman–Crippen LogP) is 3.56. The van der Waals surface area contributed by atoms with Crippen LogP contribution in [0.25, 0.3) is 22.0 Å². The highest BCUT2D eigenvalue weighted by atomic mass is 35.5. The monoisotopic (exact) mass is 388 g/mol. The van der Waals surface area contributed by atoms with Gasteiger partial charge in [-0.2, -0.15) is 4.98 Å². The molecule has 0 bridgehead atoms. The first-order chi connectivity index (χ1) is 12.9. The highest BCUT2D eigenvalue weighted by molar-refractivity contribution is 6.34. The molecule has 1 aromatic carbocycles. The van der Waals surface area contributed by atoms with E-state index in [9.17, 15) is 4.79 Å². The van der Waals surface area contributed by atoms with Crippen LogP contribution in [0.2, 0.25) is 5.02 Å². The molecular formula is C19H21ClN4O3. The van der Waals surface area contributed by atoms with E-state index in [0.29, 0.717) is 16.5 Å². The zero-order valence-corrected chi connectivity index (χ0v) is 16.6. The van der Waals surface area contributed by atoms with Crippen LogP contribution < -0.4 is 15.1 Å². The number of hydroxylamine groups is 1. The van der Waals surface area contributed by atoms with Gasteiger partial charge < -0.3 is 14.6 Å². The number of halogens is 1. The summed E-state index contributed by atoms with van der Waals surface area (Å²) in [4.78, 5) is 26.7. The summed E-state index contributed by atoms with van der Waals surface area (Å²) in [6, 6.07) is 7.45. The molecule has 8 heteroatoms. The third kappa shape index (κ3) is 3.43. The number of pyridine rings is 1. The molecule has 2 aromatic heterocycles. The van der Waals surface area contributed by atoms with E-state index in [4.69, 9.17) is 21.2 Å². The van der Waals surface area contributed by atoms with Gasteiger partial charge in [-0.1, -0.05) is 11.6 Å². The lowest BCUT2D eigenvalue weighted by Gasteiger charge is -2.15. The maximum Gasteiger partial charge on any atom is 0.277 e. The van der Waals surface area contributed by atoms with Gasteiger partial charge in [0.2, 0.25) is 5.88 Å². The number of rotatable bonds is 5. The molecule has 1 amide bonds. The number of methoxy groups -OCH3 is 1. The molecule has 2 N–H and O–H groups in total. The van der Waals surface area contributed by atoms with E-state index in [1.54, 1.807) is 13.2 Å². The van der Waals surface area contributed by atoms with E-state index in [1.807, 2.05) is 44.1 Å². The zero-order valence-electron chi connectivity index (χ0n) is 15.8. The van der Waals surface area contributed by atoms with Crippen molar-refractivity contribution in [3.63, 3.8) is 0 Å². The molecule has 0 radical (unpaired) electrons. The predicted molar refractivity (Wildman–Crippen MR) is 107 cm³/mol. The molecule has 27 heavy (non-hydrogen) atoms. The summed E-state index contributed by atoms with van der Waals surface area (Å²) < 4.78 is 5.48. The lowest BCUT2D eigenvalue weighted by molar-refractivity contribution is 0.0539. The molecule has 142 valence electrons. The van der Waals surface area contributed by atoms with Crippen molar-refractivity contribution >= 4 is 34.2 Å². The van der Waals surface area contributed by atoms with Gasteiger partial charge in [0.1, 0.15) is 5.82 Å². The van der Waals surface area contributed by atoms with Crippen molar-refractivity contribution in [3.05, 3.63) is 40.5 Å². The summed E-state index contributed by atoms with van der Waals surface area (Å²) >= 11 is 6.53. The average molecular weight is 389 g/mol. The van der Waals surface area contributed by atoms with Gasteiger partial charge in [-0.05, 0) is 31.2 Å². The minimum Gasteiger partial charge on any atom is -0.480 e. The van der Waals surface area contributed by atoms with Gasteiger partial charge in [0, 0.05) is 41.8 Å². The van der Waals surface area contributed by atoms with E-state index >= 15 is 0 Å². The first-order valence-corrected chi connectivity index (χ1v) is 8.63. The summed E-state index contributed by atoms with van der Waals surface area (Å²) in [6.07, 6.45) is 0. The molecule has 0 aliphatic heterocycles. The van der Waals surface area contributed by atoms with Crippen LogP contribution >= 0.6 is 11.6 Å². The van der Waals surface area contributed by atoms with Crippen LogP contribution in [0.3, 0.4) is 0 Å². The number of hydrogen-bond acceptors (Lipinski definition) is 5. The number of ether oxygens (including phenoxy) is 1. The van der Waals surface area contributed by atoms with Crippen molar-refractivity contribution in [3.8, 4) is 17.0 Å². The fourth-order valence-corrected chi connectivity index (χ4v) is 3.30. The molecule has 3 rings (SSSR count). The fraction of sp³-hybridized carbons (Fsp3) is 0.263. The zero-order chi connectivity index (χ0) is 19.7. The molecule has 0 saturated heterocycles. The Morgan fingerprint density at radius 1 is 1.22 bits per heavy atom. The van der Waals surface area contributed by atoms with Gasteiger partial charge in [-0.15, -0.1) is 0 Å². The Morgan fingerprint density at radius 3 is 2.59 bits per heavy atom. The maximum absolute atomic E-state index is 12.4. The minimum absolute atomic E-state index is 0.331. The third-order valence-corrected chi connectivity index (χ3v) is 4.60. The van der Waals surface area contributed by atoms with Gasteiger partial charge in [0.25, 0.3) is 5.91 Å². The molecule has 2 heterocycles. The quantitative estimate of drug-likeness (QED) is 0.653. The second-order valence-corrected chi connectivity index (χ2v) is 6.67. The maximum atomic E-state index is 12.4. The molecule has 0 aliphatic carbocycles. The van der Waals surface area contributed by atoms with Gasteiger partial charge >= 0.3 is 0 Å². The Kier molecular flexibility index (Phi) is 5.25. The van der Waals surface area contributed by atoms with Gasteiger partial charge in [-0.25, -0.2) is 5.48 Å². The Labute approximate surface area is 162 Å². The normalized spacial score (nSPS) is 10.9. The van der Waals surface area contributed by atoms with E-state index in [0.717, 1.165) is 33.5 Å². The first kappa shape index (κ1) is 19.0. The number of aromatic amines is 1. The molecule has 0 saturated carbocycles. The number of carbonyl (C=O) groups excluding carboxylic acids is 1. The summed E-state index contributed by atoms with van der Waals surface area (Å²) in [6.45, 7) is 1.83. The van der Waals surface area contributed by atoms with Crippen LogP contribution in [0.15, 0.2) is 24.3 Å². The van der Waals surface area contributed by atoms with Crippen molar-refractivity contribution in [1.82, 2.24) is 15.4 Å². The van der Waals surface area contributed by atoms with Crippen molar-refractivity contribution in [2.24, 2.45) is 0 Å². The molecule has 0 atom stereocenters. The van der Waals surface area contributed by atoms with E-state index in [1.165, 1.54) is 7.11 Å². The van der Waals surface area contributed by atoms with Crippen molar-refractivity contribution in [2.45, 2.75) is 6.92 Å². The molecule has 0 aliphatic rings. The van der Waals surface area contributed by atoms with Crippen molar-refractivity contribution in [2.75, 3.05) is 33.2 Å². The van der Waals surface area contributed by atoms with Gasteiger partial charge in [0.15, 0.2) is 0 Å². The highest BCUT2D eigenvalue weighted by Gasteiger charge is 2.20. The number of amides is 1. The standard InChI is InChI=1S/C19H21ClN4O3/c1-10-17(18(25)23-27-5)13-8-12(14(20)9-15(13)21-10)11-6-7-16(24(2)3)22-19(11)26-4/h6-9,21H,1-5H3,(H,23,25). The Hall–Kier alpha value is -2.77. The number of aromatic nitrogens is 2. The first-order valence-electron chi connectivity index (χ1n) is 8.25. The smallest absolute Gasteiger partial charge is 0.277 e. The summed E-state index contributed by atoms with van der Waals surface area (Å²) in [5, 5.41) is 1.26. The highest BCUT2D eigenvalue weighted by Crippen LogP contribution is 2.38. The number of H-pyrrole nitrogens is 1. The number of anilines is 1. The fourth-order valence-electron chi connectivity index (χ4n) is 3.03. The summed E-state index contributed by atoms with van der Waals surface area (Å²) in [7, 11) is 6.77. The van der Waals surface area contributed by atoms with Crippen molar-refractivity contribution in [1.29, 1.82) is 0 Å². The van der Waals surface area contributed by atoms with E-state index in [2.05, 4.69) is 15.4 Å². The van der Waals surface area contributed by atoms with Gasteiger partial charge in [0.05, 0.1) is 24.8 Å². The number of nitrogens with one attached hydrogen (secondary N) is 2. The molecule has 7 nitrogen and oxygen atoms in total. The Morgan fingerprint density at radius 2 is 1.96 bits per heavy atom. The van der Waals surface area contributed by atoms with E-state index < -0.39 is 0 Å². The molecule has 0 spiro atoms. The molecule has 0 fully saturated rings. The lowest BCUT2D eigenvalue weighted by Crippen LogP contribution is -2.22. The van der Waals surface area contributed by atoms with Crippen LogP contribution in [-0.4, -0.2) is 44.2 Å². The van der Waals surface area contributed by atoms with Crippen LogP contribution in [0, 0.1) is 6.92 Å². The number of aryl methyl sites for hydroxylation is 1. The number of hydrogen-bond donors (Lipinski definition) is 2. The number of fused-ring (bicyclic) bond motifs is 1.